The van der Waals surface area contributed by atoms with Crippen molar-refractivity contribution in [1.29, 1.82) is 0 Å². The molecule has 0 bridgehead atoms. The van der Waals surface area contributed by atoms with E-state index >= 15 is 0 Å². The van der Waals surface area contributed by atoms with E-state index in [1.54, 1.807) is 4.57 Å². The van der Waals surface area contributed by atoms with Crippen molar-refractivity contribution in [2.75, 3.05) is 11.1 Å². The second-order valence-corrected chi connectivity index (χ2v) is 6.72. The minimum Gasteiger partial charge on any atom is -0.326 e. The van der Waals surface area contributed by atoms with Crippen molar-refractivity contribution in [3.63, 3.8) is 0 Å². The number of thioether (sulfide) groups is 1. The smallest absolute Gasteiger partial charge is 0.265 e. The minimum absolute atomic E-state index is 0.109. The molecule has 3 heterocycles. The molecule has 0 saturated carbocycles. The Morgan fingerprint density at radius 3 is 3.12 bits per heavy atom. The van der Waals surface area contributed by atoms with Gasteiger partial charge in [0.1, 0.15) is 5.39 Å². The van der Waals surface area contributed by atoms with Crippen molar-refractivity contribution in [2.24, 2.45) is 0 Å². The van der Waals surface area contributed by atoms with Crippen molar-refractivity contribution >= 4 is 34.4 Å². The van der Waals surface area contributed by atoms with E-state index in [0.717, 1.165) is 11.3 Å². The number of amides is 1. The zero-order chi connectivity index (χ0) is 16.7. The van der Waals surface area contributed by atoms with Crippen LogP contribution in [0, 0.1) is 6.92 Å². The van der Waals surface area contributed by atoms with Gasteiger partial charge in [0.05, 0.1) is 12.2 Å². The summed E-state index contributed by atoms with van der Waals surface area (Å²) in [5, 5.41) is 10.6. The predicted molar refractivity (Wildman–Crippen MR) is 92.3 cm³/mol. The lowest BCUT2D eigenvalue weighted by Gasteiger charge is -2.14. The molecule has 1 aliphatic heterocycles. The van der Waals surface area contributed by atoms with Gasteiger partial charge in [-0.25, -0.2) is 4.98 Å². The minimum atomic E-state index is -0.201. The summed E-state index contributed by atoms with van der Waals surface area (Å²) in [5.74, 6) is 0.547. The molecule has 7 nitrogen and oxygen atoms in total. The number of aromatic amines is 1. The Morgan fingerprint density at radius 1 is 1.46 bits per heavy atom. The van der Waals surface area contributed by atoms with Crippen molar-refractivity contribution in [3.8, 4) is 0 Å². The number of nitrogens with one attached hydrogen (secondary N) is 2. The lowest BCUT2D eigenvalue weighted by molar-refractivity contribution is -0.116. The van der Waals surface area contributed by atoms with Gasteiger partial charge in [-0.15, -0.1) is 0 Å². The summed E-state index contributed by atoms with van der Waals surface area (Å²) < 4.78 is 1.61. The molecule has 2 aromatic heterocycles. The summed E-state index contributed by atoms with van der Waals surface area (Å²) in [4.78, 5) is 29.4. The van der Waals surface area contributed by atoms with Gasteiger partial charge in [-0.1, -0.05) is 30.0 Å². The Bertz CT molecular complexity index is 994. The first-order chi connectivity index (χ1) is 11.6. The monoisotopic (exact) mass is 341 g/mol. The number of benzene rings is 1. The number of aryl methyl sites for hydroxylation is 1. The fourth-order valence-electron chi connectivity index (χ4n) is 2.83. The second-order valence-electron chi connectivity index (χ2n) is 5.73. The van der Waals surface area contributed by atoms with Gasteiger partial charge in [-0.2, -0.15) is 5.10 Å². The zero-order valence-electron chi connectivity index (χ0n) is 12.9. The van der Waals surface area contributed by atoms with Crippen LogP contribution in [0.1, 0.15) is 18.0 Å². The molecule has 1 amide bonds. The van der Waals surface area contributed by atoms with E-state index in [0.29, 0.717) is 21.9 Å². The van der Waals surface area contributed by atoms with Gasteiger partial charge in [-0.3, -0.25) is 19.3 Å². The summed E-state index contributed by atoms with van der Waals surface area (Å²) in [6, 6.07) is 7.42. The summed E-state index contributed by atoms with van der Waals surface area (Å²) >= 11 is 1.48. The van der Waals surface area contributed by atoms with Crippen LogP contribution in [0.15, 0.2) is 40.4 Å². The molecule has 1 unspecified atom stereocenters. The van der Waals surface area contributed by atoms with Gasteiger partial charge in [-0.05, 0) is 18.6 Å². The van der Waals surface area contributed by atoms with E-state index in [-0.39, 0.29) is 23.9 Å². The van der Waals surface area contributed by atoms with Gasteiger partial charge in [0.2, 0.25) is 5.91 Å². The molecular weight excluding hydrogens is 326 g/mol. The first-order valence-electron chi connectivity index (χ1n) is 7.57. The Morgan fingerprint density at radius 2 is 2.29 bits per heavy atom. The van der Waals surface area contributed by atoms with Crippen molar-refractivity contribution in [1.82, 2.24) is 19.7 Å². The number of fused-ring (bicyclic) bond motifs is 2. The number of hydrogen-bond acceptors (Lipinski definition) is 5. The highest BCUT2D eigenvalue weighted by atomic mass is 32.2. The van der Waals surface area contributed by atoms with E-state index in [9.17, 15) is 9.59 Å². The number of hydrogen-bond donors (Lipinski definition) is 2. The van der Waals surface area contributed by atoms with Crippen molar-refractivity contribution in [3.05, 3.63) is 46.4 Å². The van der Waals surface area contributed by atoms with Gasteiger partial charge >= 0.3 is 0 Å². The van der Waals surface area contributed by atoms with E-state index < -0.39 is 0 Å². The molecule has 2 N–H and O–H groups in total. The second kappa shape index (κ2) is 5.79. The van der Waals surface area contributed by atoms with E-state index in [2.05, 4.69) is 20.5 Å². The van der Waals surface area contributed by atoms with Gasteiger partial charge in [0.25, 0.3) is 5.56 Å². The van der Waals surface area contributed by atoms with Crippen molar-refractivity contribution in [2.45, 2.75) is 24.5 Å². The quantitative estimate of drug-likeness (QED) is 0.712. The molecule has 0 spiro atoms. The molecule has 1 aliphatic rings. The molecule has 4 rings (SSSR count). The van der Waals surface area contributed by atoms with E-state index in [1.165, 1.54) is 18.0 Å². The summed E-state index contributed by atoms with van der Waals surface area (Å²) in [6.07, 6.45) is 1.71. The molecule has 0 saturated heterocycles. The zero-order valence-corrected chi connectivity index (χ0v) is 13.8. The Balaban J connectivity index is 1.59. The van der Waals surface area contributed by atoms with E-state index in [4.69, 9.17) is 0 Å². The Hall–Kier alpha value is -2.61. The van der Waals surface area contributed by atoms with Crippen LogP contribution in [-0.2, 0) is 4.79 Å². The van der Waals surface area contributed by atoms with Crippen LogP contribution in [-0.4, -0.2) is 31.4 Å². The highest BCUT2D eigenvalue weighted by Gasteiger charge is 2.28. The number of nitrogens with zero attached hydrogens (tertiary/aromatic N) is 3. The first kappa shape index (κ1) is 14.9. The summed E-state index contributed by atoms with van der Waals surface area (Å²) in [7, 11) is 0. The van der Waals surface area contributed by atoms with Crippen LogP contribution in [0.4, 0.5) is 5.69 Å². The number of aromatic nitrogens is 4. The lowest BCUT2D eigenvalue weighted by Crippen LogP contribution is -2.27. The standard InChI is InChI=1S/C16H15N5O2S/c1-9-4-2-3-5-12(9)18-13(22)6-10-8-24-16-19-14-11(7-17-20-14)15(23)21(10)16/h2-5,7,10H,6,8H2,1H3,(H,17,20)(H,18,22). The van der Waals surface area contributed by atoms with Gasteiger partial charge in [0, 0.05) is 17.9 Å². The highest BCUT2D eigenvalue weighted by Crippen LogP contribution is 2.33. The van der Waals surface area contributed by atoms with Crippen molar-refractivity contribution < 1.29 is 4.79 Å². The van der Waals surface area contributed by atoms with Crippen LogP contribution in [0.25, 0.3) is 11.0 Å². The number of rotatable bonds is 3. The molecule has 0 fully saturated rings. The third kappa shape index (κ3) is 2.48. The lowest BCUT2D eigenvalue weighted by atomic mass is 10.1. The number of para-hydroxylation sites is 1. The first-order valence-corrected chi connectivity index (χ1v) is 8.56. The Labute approximate surface area is 141 Å². The molecule has 3 aromatic rings. The largest absolute Gasteiger partial charge is 0.326 e. The normalized spacial score (nSPS) is 16.3. The fraction of sp³-hybridized carbons (Fsp3) is 0.250. The molecule has 8 heteroatoms. The molecule has 1 atom stereocenters. The third-order valence-electron chi connectivity index (χ3n) is 4.09. The summed E-state index contributed by atoms with van der Waals surface area (Å²) in [6.45, 7) is 1.94. The fourth-order valence-corrected chi connectivity index (χ4v) is 3.97. The van der Waals surface area contributed by atoms with Crippen LogP contribution in [0.3, 0.4) is 0 Å². The maximum Gasteiger partial charge on any atom is 0.265 e. The van der Waals surface area contributed by atoms with Crippen LogP contribution in [0.5, 0.6) is 0 Å². The van der Waals surface area contributed by atoms with Crippen LogP contribution >= 0.6 is 11.8 Å². The number of anilines is 1. The van der Waals surface area contributed by atoms with Crippen LogP contribution in [0.2, 0.25) is 0 Å². The molecular formula is C16H15N5O2S. The SMILES string of the molecule is Cc1ccccc1NC(=O)CC1CSc2nc3[nH]ncc3c(=O)n21. The average Bonchev–Trinajstić information content (AvgIpc) is 3.17. The van der Waals surface area contributed by atoms with E-state index in [1.807, 2.05) is 31.2 Å². The topological polar surface area (TPSA) is 92.7 Å². The molecule has 122 valence electrons. The molecule has 24 heavy (non-hydrogen) atoms. The third-order valence-corrected chi connectivity index (χ3v) is 5.19. The molecule has 1 aromatic carbocycles. The molecule has 0 aliphatic carbocycles. The number of H-pyrrole nitrogens is 1. The Kier molecular flexibility index (Phi) is 3.61. The average molecular weight is 341 g/mol. The predicted octanol–water partition coefficient (Wildman–Crippen LogP) is 2.10. The number of carbonyl (C=O) groups is 1. The maximum atomic E-state index is 12.6. The molecule has 0 radical (unpaired) electrons. The van der Waals surface area contributed by atoms with Gasteiger partial charge in [0.15, 0.2) is 10.8 Å². The van der Waals surface area contributed by atoms with Crippen LogP contribution < -0.4 is 10.9 Å². The maximum absolute atomic E-state index is 12.6. The van der Waals surface area contributed by atoms with Gasteiger partial charge < -0.3 is 5.32 Å². The number of carbonyl (C=O) groups excluding carboxylic acids is 1. The highest BCUT2D eigenvalue weighted by molar-refractivity contribution is 7.99. The summed E-state index contributed by atoms with van der Waals surface area (Å²) in [5.41, 5.74) is 2.14.